The van der Waals surface area contributed by atoms with Gasteiger partial charge in [0.05, 0.1) is 5.25 Å². The zero-order chi connectivity index (χ0) is 18.5. The Morgan fingerprint density at radius 2 is 2.19 bits per heavy atom. The molecule has 0 unspecified atom stereocenters. The van der Waals surface area contributed by atoms with Crippen LogP contribution in [-0.4, -0.2) is 31.5 Å². The Kier molecular flexibility index (Phi) is 5.79. The normalized spacial score (nSPS) is 12.0. The van der Waals surface area contributed by atoms with E-state index in [9.17, 15) is 4.79 Å². The number of halogens is 1. The van der Waals surface area contributed by atoms with Gasteiger partial charge in [-0.15, -0.1) is 5.10 Å². The molecule has 0 aliphatic heterocycles. The highest BCUT2D eigenvalue weighted by Crippen LogP contribution is 2.21. The number of rotatable bonds is 7. The highest BCUT2D eigenvalue weighted by atomic mass is 35.5. The summed E-state index contributed by atoms with van der Waals surface area (Å²) in [5.74, 6) is 2.02. The Bertz CT molecular complexity index is 880. The highest BCUT2D eigenvalue weighted by Gasteiger charge is 2.18. The van der Waals surface area contributed by atoms with Crippen molar-refractivity contribution in [2.45, 2.75) is 30.9 Å². The molecule has 0 spiro atoms. The van der Waals surface area contributed by atoms with Crippen molar-refractivity contribution in [3.05, 3.63) is 46.9 Å². The summed E-state index contributed by atoms with van der Waals surface area (Å²) in [6.45, 7) is 3.74. The van der Waals surface area contributed by atoms with Crippen LogP contribution in [0.15, 0.2) is 40.0 Å². The summed E-state index contributed by atoms with van der Waals surface area (Å²) in [6.07, 6.45) is 0. The summed E-state index contributed by atoms with van der Waals surface area (Å²) in [7, 11) is 0. The fourth-order valence-electron chi connectivity index (χ4n) is 1.94. The molecule has 8 nitrogen and oxygen atoms in total. The number of nitrogens with zero attached hydrogens (tertiary/aromatic N) is 3. The predicted molar refractivity (Wildman–Crippen MR) is 97.4 cm³/mol. The van der Waals surface area contributed by atoms with Crippen molar-refractivity contribution in [3.63, 3.8) is 0 Å². The quantitative estimate of drug-likeness (QED) is 0.592. The number of aryl methyl sites for hydroxylation is 1. The number of aromatic amines is 1. The molecule has 0 saturated carbocycles. The van der Waals surface area contributed by atoms with Gasteiger partial charge in [-0.05, 0) is 38.1 Å². The predicted octanol–water partition coefficient (Wildman–Crippen LogP) is 3.45. The summed E-state index contributed by atoms with van der Waals surface area (Å²) in [5, 5.41) is 14.0. The van der Waals surface area contributed by atoms with Gasteiger partial charge in [0, 0.05) is 11.1 Å². The molecule has 0 aliphatic carbocycles. The maximum atomic E-state index is 12.2. The van der Waals surface area contributed by atoms with E-state index in [0.717, 1.165) is 0 Å². The summed E-state index contributed by atoms with van der Waals surface area (Å²) in [5.41, 5.74) is 0. The molecular formula is C16H16ClN5O3S. The summed E-state index contributed by atoms with van der Waals surface area (Å²) >= 11 is 7.06. The summed E-state index contributed by atoms with van der Waals surface area (Å²) in [4.78, 5) is 16.5. The molecule has 0 saturated heterocycles. The number of benzene rings is 1. The van der Waals surface area contributed by atoms with Crippen LogP contribution in [0.2, 0.25) is 5.02 Å². The van der Waals surface area contributed by atoms with Crippen LogP contribution in [0.4, 0.5) is 5.82 Å². The number of hydrogen-bond donors (Lipinski definition) is 2. The van der Waals surface area contributed by atoms with Gasteiger partial charge in [-0.1, -0.05) is 28.5 Å². The van der Waals surface area contributed by atoms with E-state index in [1.807, 2.05) is 0 Å². The molecule has 1 atom stereocenters. The molecule has 2 heterocycles. The number of hydrogen-bond acceptors (Lipinski definition) is 7. The SMILES string of the molecule is Cc1cc(NC(=O)[C@@H](C)Sc2n[nH]c(COc3ccc(Cl)cc3)n2)no1. The third-order valence-electron chi connectivity index (χ3n) is 3.23. The van der Waals surface area contributed by atoms with Crippen molar-refractivity contribution in [1.29, 1.82) is 0 Å². The Labute approximate surface area is 158 Å². The van der Waals surface area contributed by atoms with Gasteiger partial charge in [0.2, 0.25) is 11.1 Å². The molecule has 0 bridgehead atoms. The van der Waals surface area contributed by atoms with E-state index in [-0.39, 0.29) is 12.5 Å². The van der Waals surface area contributed by atoms with Crippen molar-refractivity contribution in [2.75, 3.05) is 5.32 Å². The molecule has 1 amide bonds. The van der Waals surface area contributed by atoms with Crippen LogP contribution in [-0.2, 0) is 11.4 Å². The molecule has 0 radical (unpaired) electrons. The average molecular weight is 394 g/mol. The first kappa shape index (κ1) is 18.3. The second kappa shape index (κ2) is 8.24. The number of carbonyl (C=O) groups excluding carboxylic acids is 1. The van der Waals surface area contributed by atoms with E-state index in [2.05, 4.69) is 25.7 Å². The van der Waals surface area contributed by atoms with Gasteiger partial charge in [0.15, 0.2) is 11.6 Å². The first-order chi connectivity index (χ1) is 12.5. The minimum absolute atomic E-state index is 0.216. The van der Waals surface area contributed by atoms with Crippen molar-refractivity contribution in [3.8, 4) is 5.75 Å². The molecule has 1 aromatic carbocycles. The van der Waals surface area contributed by atoms with Crippen LogP contribution in [0.25, 0.3) is 0 Å². The molecule has 2 N–H and O–H groups in total. The lowest BCUT2D eigenvalue weighted by Gasteiger charge is -2.07. The number of carbonyl (C=O) groups is 1. The van der Waals surface area contributed by atoms with Gasteiger partial charge in [-0.2, -0.15) is 0 Å². The van der Waals surface area contributed by atoms with E-state index in [0.29, 0.717) is 33.3 Å². The van der Waals surface area contributed by atoms with Crippen LogP contribution in [0.5, 0.6) is 5.75 Å². The van der Waals surface area contributed by atoms with Gasteiger partial charge in [-0.3, -0.25) is 9.89 Å². The number of anilines is 1. The fraction of sp³-hybridized carbons (Fsp3) is 0.250. The number of aromatic nitrogens is 4. The zero-order valence-electron chi connectivity index (χ0n) is 14.0. The fourth-order valence-corrected chi connectivity index (χ4v) is 2.81. The van der Waals surface area contributed by atoms with Crippen LogP contribution in [0, 0.1) is 6.92 Å². The van der Waals surface area contributed by atoms with Crippen molar-refractivity contribution in [1.82, 2.24) is 20.3 Å². The standard InChI is InChI=1S/C16H16ClN5O3S/c1-9-7-13(22-25-9)18-15(23)10(2)26-16-19-14(20-21-16)8-24-12-5-3-11(17)4-6-12/h3-7,10H,8H2,1-2H3,(H,18,22,23)(H,19,20,21)/t10-/m1/s1. The van der Waals surface area contributed by atoms with Gasteiger partial charge < -0.3 is 14.6 Å². The first-order valence-electron chi connectivity index (χ1n) is 7.70. The Morgan fingerprint density at radius 1 is 1.42 bits per heavy atom. The van der Waals surface area contributed by atoms with E-state index in [1.54, 1.807) is 44.2 Å². The summed E-state index contributed by atoms with van der Waals surface area (Å²) in [6, 6.07) is 8.68. The Balaban J connectivity index is 1.50. The molecule has 3 rings (SSSR count). The second-order valence-corrected chi connectivity index (χ2v) is 7.12. The molecule has 2 aromatic heterocycles. The largest absolute Gasteiger partial charge is 0.486 e. The first-order valence-corrected chi connectivity index (χ1v) is 8.96. The number of thioether (sulfide) groups is 1. The third-order valence-corrected chi connectivity index (χ3v) is 4.44. The van der Waals surface area contributed by atoms with Gasteiger partial charge >= 0.3 is 0 Å². The van der Waals surface area contributed by atoms with Crippen LogP contribution >= 0.6 is 23.4 Å². The average Bonchev–Trinajstić information content (AvgIpc) is 3.23. The number of amides is 1. The van der Waals surface area contributed by atoms with E-state index < -0.39 is 5.25 Å². The molecule has 10 heteroatoms. The lowest BCUT2D eigenvalue weighted by atomic mass is 10.3. The third kappa shape index (κ3) is 4.99. The van der Waals surface area contributed by atoms with Gasteiger partial charge in [-0.25, -0.2) is 4.98 Å². The van der Waals surface area contributed by atoms with Crippen molar-refractivity contribution in [2.24, 2.45) is 0 Å². The van der Waals surface area contributed by atoms with Gasteiger partial charge in [0.1, 0.15) is 18.1 Å². The van der Waals surface area contributed by atoms with Crippen molar-refractivity contribution < 1.29 is 14.1 Å². The lowest BCUT2D eigenvalue weighted by Crippen LogP contribution is -2.22. The highest BCUT2D eigenvalue weighted by molar-refractivity contribution is 8.00. The summed E-state index contributed by atoms with van der Waals surface area (Å²) < 4.78 is 10.5. The monoisotopic (exact) mass is 393 g/mol. The van der Waals surface area contributed by atoms with Crippen LogP contribution in [0.1, 0.15) is 18.5 Å². The number of H-pyrrole nitrogens is 1. The number of ether oxygens (including phenoxy) is 1. The maximum Gasteiger partial charge on any atom is 0.238 e. The number of nitrogens with one attached hydrogen (secondary N) is 2. The molecule has 0 fully saturated rings. The molecule has 0 aliphatic rings. The van der Waals surface area contributed by atoms with Gasteiger partial charge in [0.25, 0.3) is 0 Å². The van der Waals surface area contributed by atoms with E-state index in [1.165, 1.54) is 11.8 Å². The maximum absolute atomic E-state index is 12.2. The molecule has 3 aromatic rings. The molecule has 136 valence electrons. The molecule has 26 heavy (non-hydrogen) atoms. The Morgan fingerprint density at radius 3 is 2.88 bits per heavy atom. The smallest absolute Gasteiger partial charge is 0.238 e. The van der Waals surface area contributed by atoms with Crippen LogP contribution < -0.4 is 10.1 Å². The lowest BCUT2D eigenvalue weighted by molar-refractivity contribution is -0.115. The molecular weight excluding hydrogens is 378 g/mol. The minimum Gasteiger partial charge on any atom is -0.486 e. The van der Waals surface area contributed by atoms with Crippen LogP contribution in [0.3, 0.4) is 0 Å². The Hall–Kier alpha value is -2.52. The van der Waals surface area contributed by atoms with Crippen molar-refractivity contribution >= 4 is 35.1 Å². The van der Waals surface area contributed by atoms with E-state index in [4.69, 9.17) is 20.9 Å². The minimum atomic E-state index is -0.409. The topological polar surface area (TPSA) is 106 Å². The zero-order valence-corrected chi connectivity index (χ0v) is 15.6. The second-order valence-electron chi connectivity index (χ2n) is 5.38. The van der Waals surface area contributed by atoms with E-state index >= 15 is 0 Å².